The van der Waals surface area contributed by atoms with Gasteiger partial charge in [-0.15, -0.1) is 24.0 Å². The van der Waals surface area contributed by atoms with Crippen LogP contribution in [0, 0.1) is 18.8 Å². The molecule has 3 rings (SSSR count). The van der Waals surface area contributed by atoms with Gasteiger partial charge in [0.2, 0.25) is 0 Å². The van der Waals surface area contributed by atoms with Crippen LogP contribution in [0.25, 0.3) is 0 Å². The van der Waals surface area contributed by atoms with Crippen molar-refractivity contribution < 1.29 is 4.74 Å². The van der Waals surface area contributed by atoms with Crippen molar-refractivity contribution in [3.8, 4) is 0 Å². The molecule has 176 valence electrons. The Morgan fingerprint density at radius 1 is 1.10 bits per heavy atom. The predicted molar refractivity (Wildman–Crippen MR) is 141 cm³/mol. The van der Waals surface area contributed by atoms with E-state index in [-0.39, 0.29) is 30.1 Å². The van der Waals surface area contributed by atoms with Crippen LogP contribution in [0.2, 0.25) is 0 Å². The molecule has 2 N–H and O–H groups in total. The van der Waals surface area contributed by atoms with Crippen LogP contribution < -0.4 is 10.6 Å². The van der Waals surface area contributed by atoms with Crippen molar-refractivity contribution in [2.45, 2.75) is 59.0 Å². The minimum Gasteiger partial charge on any atom is -0.373 e. The van der Waals surface area contributed by atoms with Crippen LogP contribution in [-0.2, 0) is 4.74 Å². The van der Waals surface area contributed by atoms with Crippen molar-refractivity contribution in [3.63, 3.8) is 0 Å². The van der Waals surface area contributed by atoms with Crippen molar-refractivity contribution in [3.05, 3.63) is 35.4 Å². The molecule has 0 saturated carbocycles. The average molecular weight is 543 g/mol. The number of hydrogen-bond acceptors (Lipinski definition) is 3. The largest absolute Gasteiger partial charge is 0.373 e. The van der Waals surface area contributed by atoms with E-state index in [0.29, 0.717) is 11.8 Å². The van der Waals surface area contributed by atoms with Crippen molar-refractivity contribution in [2.24, 2.45) is 16.8 Å². The molecular formula is C25H43IN4O. The van der Waals surface area contributed by atoms with Gasteiger partial charge in [-0.2, -0.15) is 0 Å². The number of aryl methyl sites for hydroxylation is 1. The quantitative estimate of drug-likeness (QED) is 0.283. The highest BCUT2D eigenvalue weighted by molar-refractivity contribution is 14.0. The van der Waals surface area contributed by atoms with Gasteiger partial charge in [0.1, 0.15) is 0 Å². The van der Waals surface area contributed by atoms with Crippen molar-refractivity contribution >= 4 is 29.9 Å². The molecule has 31 heavy (non-hydrogen) atoms. The number of rotatable bonds is 8. The number of ether oxygens (including phenoxy) is 1. The Morgan fingerprint density at radius 3 is 2.52 bits per heavy atom. The lowest BCUT2D eigenvalue weighted by molar-refractivity contribution is -0.0265. The summed E-state index contributed by atoms with van der Waals surface area (Å²) in [7, 11) is 0. The molecule has 6 heteroatoms. The van der Waals surface area contributed by atoms with Gasteiger partial charge in [0, 0.05) is 32.2 Å². The average Bonchev–Trinajstić information content (AvgIpc) is 2.78. The molecule has 5 nitrogen and oxygen atoms in total. The first-order valence-corrected chi connectivity index (χ1v) is 12.1. The highest BCUT2D eigenvalue weighted by atomic mass is 127. The van der Waals surface area contributed by atoms with Crippen LogP contribution in [0.4, 0.5) is 0 Å². The maximum Gasteiger partial charge on any atom is 0.191 e. The molecule has 2 heterocycles. The second-order valence-electron chi connectivity index (χ2n) is 8.99. The van der Waals surface area contributed by atoms with E-state index in [0.717, 1.165) is 38.6 Å². The molecule has 0 spiro atoms. The zero-order valence-corrected chi connectivity index (χ0v) is 22.1. The van der Waals surface area contributed by atoms with Gasteiger partial charge < -0.3 is 20.3 Å². The number of piperidine rings is 1. The third-order valence-corrected chi connectivity index (χ3v) is 6.48. The first-order chi connectivity index (χ1) is 14.7. The molecule has 2 unspecified atom stereocenters. The third kappa shape index (κ3) is 8.54. The van der Waals surface area contributed by atoms with Gasteiger partial charge in [0.15, 0.2) is 5.96 Å². The van der Waals surface area contributed by atoms with Gasteiger partial charge in [-0.3, -0.25) is 4.99 Å². The molecule has 2 aliphatic rings. The van der Waals surface area contributed by atoms with Crippen LogP contribution in [0.5, 0.6) is 0 Å². The third-order valence-electron chi connectivity index (χ3n) is 6.48. The fraction of sp³-hybridized carbons (Fsp3) is 0.720. The van der Waals surface area contributed by atoms with Crippen LogP contribution in [0.15, 0.2) is 29.3 Å². The van der Waals surface area contributed by atoms with E-state index < -0.39 is 0 Å². The van der Waals surface area contributed by atoms with E-state index in [1.165, 1.54) is 56.4 Å². The molecule has 1 aromatic carbocycles. The summed E-state index contributed by atoms with van der Waals surface area (Å²) >= 11 is 0. The Balaban J connectivity index is 0.00000341. The Labute approximate surface area is 206 Å². The van der Waals surface area contributed by atoms with E-state index >= 15 is 0 Å². The summed E-state index contributed by atoms with van der Waals surface area (Å²) in [6, 6.07) is 8.83. The molecule has 1 aromatic rings. The van der Waals surface area contributed by atoms with Gasteiger partial charge in [-0.1, -0.05) is 36.8 Å². The SMILES string of the molecule is CCCN1CCC(CN=C(NCC)NCC2CCCOC2c2ccc(C)cc2)CC1.I. The zero-order valence-electron chi connectivity index (χ0n) is 19.7. The van der Waals surface area contributed by atoms with E-state index in [1.54, 1.807) is 0 Å². The number of benzene rings is 1. The molecule has 0 amide bonds. The molecule has 0 aliphatic carbocycles. The Morgan fingerprint density at radius 2 is 1.84 bits per heavy atom. The number of likely N-dealkylation sites (tertiary alicyclic amines) is 1. The minimum atomic E-state index is 0. The van der Waals surface area contributed by atoms with Crippen molar-refractivity contribution in [2.75, 3.05) is 45.9 Å². The van der Waals surface area contributed by atoms with Crippen LogP contribution in [0.3, 0.4) is 0 Å². The maximum atomic E-state index is 6.19. The summed E-state index contributed by atoms with van der Waals surface area (Å²) in [5.74, 6) is 2.15. The highest BCUT2D eigenvalue weighted by Crippen LogP contribution is 2.33. The monoisotopic (exact) mass is 542 g/mol. The summed E-state index contributed by atoms with van der Waals surface area (Å²) in [6.45, 7) is 13.8. The normalized spacial score (nSPS) is 23.3. The smallest absolute Gasteiger partial charge is 0.191 e. The lowest BCUT2D eigenvalue weighted by Crippen LogP contribution is -2.42. The fourth-order valence-corrected chi connectivity index (χ4v) is 4.68. The molecule has 2 fully saturated rings. The van der Waals surface area contributed by atoms with E-state index in [2.05, 4.69) is 60.6 Å². The maximum absolute atomic E-state index is 6.19. The molecule has 2 atom stereocenters. The number of hydrogen-bond donors (Lipinski definition) is 2. The summed E-state index contributed by atoms with van der Waals surface area (Å²) in [6.07, 6.45) is 6.31. The predicted octanol–water partition coefficient (Wildman–Crippen LogP) is 4.76. The number of nitrogens with one attached hydrogen (secondary N) is 2. The first kappa shape index (κ1) is 26.4. The number of halogens is 1. The Bertz CT molecular complexity index is 643. The van der Waals surface area contributed by atoms with Gasteiger partial charge >= 0.3 is 0 Å². The minimum absolute atomic E-state index is 0. The van der Waals surface area contributed by atoms with Crippen LogP contribution in [0.1, 0.15) is 63.2 Å². The Kier molecular flexibility index (Phi) is 12.2. The topological polar surface area (TPSA) is 48.9 Å². The lowest BCUT2D eigenvalue weighted by Gasteiger charge is -2.33. The van der Waals surface area contributed by atoms with Crippen molar-refractivity contribution in [1.29, 1.82) is 0 Å². The second-order valence-corrected chi connectivity index (χ2v) is 8.99. The summed E-state index contributed by atoms with van der Waals surface area (Å²) < 4.78 is 6.19. The van der Waals surface area contributed by atoms with E-state index in [1.807, 2.05) is 0 Å². The van der Waals surface area contributed by atoms with Gasteiger partial charge in [-0.05, 0) is 77.1 Å². The molecule has 0 aromatic heterocycles. The summed E-state index contributed by atoms with van der Waals surface area (Å²) in [4.78, 5) is 7.53. The number of nitrogens with zero attached hydrogens (tertiary/aromatic N) is 2. The first-order valence-electron chi connectivity index (χ1n) is 12.1. The number of guanidine groups is 1. The highest BCUT2D eigenvalue weighted by Gasteiger charge is 2.27. The fourth-order valence-electron chi connectivity index (χ4n) is 4.68. The van der Waals surface area contributed by atoms with Gasteiger partial charge in [0.25, 0.3) is 0 Å². The Hall–Kier alpha value is -0.860. The van der Waals surface area contributed by atoms with Gasteiger partial charge in [0.05, 0.1) is 6.10 Å². The molecule has 0 radical (unpaired) electrons. The molecule has 2 saturated heterocycles. The standard InChI is InChI=1S/C25H42N4O.HI/c1-4-14-29-15-12-21(13-16-29)18-27-25(26-5-2)28-19-23-7-6-17-30-24(23)22-10-8-20(3)9-11-22;/h8-11,21,23-24H,4-7,12-19H2,1-3H3,(H2,26,27,28);1H. The van der Waals surface area contributed by atoms with Gasteiger partial charge in [-0.25, -0.2) is 0 Å². The lowest BCUT2D eigenvalue weighted by atomic mass is 9.89. The molecule has 2 aliphatic heterocycles. The molecular weight excluding hydrogens is 499 g/mol. The molecule has 0 bridgehead atoms. The van der Waals surface area contributed by atoms with E-state index in [9.17, 15) is 0 Å². The zero-order chi connectivity index (χ0) is 21.2. The number of aliphatic imine (C=N–C) groups is 1. The van der Waals surface area contributed by atoms with Crippen LogP contribution in [-0.4, -0.2) is 56.7 Å². The van der Waals surface area contributed by atoms with E-state index in [4.69, 9.17) is 9.73 Å². The van der Waals surface area contributed by atoms with Crippen LogP contribution >= 0.6 is 24.0 Å². The summed E-state index contributed by atoms with van der Waals surface area (Å²) in [5.41, 5.74) is 2.60. The van der Waals surface area contributed by atoms with Crippen molar-refractivity contribution in [1.82, 2.24) is 15.5 Å². The summed E-state index contributed by atoms with van der Waals surface area (Å²) in [5, 5.41) is 7.06. The second kappa shape index (κ2) is 14.3.